The second-order valence-electron chi connectivity index (χ2n) is 3.95. The van der Waals surface area contributed by atoms with Gasteiger partial charge in [-0.05, 0) is 35.7 Å². The van der Waals surface area contributed by atoms with Crippen LogP contribution in [0.25, 0.3) is 0 Å². The van der Waals surface area contributed by atoms with Crippen molar-refractivity contribution in [3.05, 3.63) is 40.6 Å². The van der Waals surface area contributed by atoms with Gasteiger partial charge in [0.15, 0.2) is 9.84 Å². The van der Waals surface area contributed by atoms with Crippen LogP contribution in [0.2, 0.25) is 0 Å². The molecule has 1 heterocycles. The molecule has 0 fully saturated rings. The number of thiophene rings is 1. The number of hydrogen-bond donors (Lipinski definition) is 2. The highest BCUT2D eigenvalue weighted by molar-refractivity contribution is 7.90. The van der Waals surface area contributed by atoms with E-state index in [1.165, 1.54) is 6.26 Å². The van der Waals surface area contributed by atoms with Gasteiger partial charge < -0.3 is 11.1 Å². The van der Waals surface area contributed by atoms with Gasteiger partial charge in [0.1, 0.15) is 0 Å². The summed E-state index contributed by atoms with van der Waals surface area (Å²) >= 11 is 1.59. The lowest BCUT2D eigenvalue weighted by Gasteiger charge is -2.06. The molecule has 18 heavy (non-hydrogen) atoms. The van der Waals surface area contributed by atoms with E-state index in [4.69, 9.17) is 5.73 Å². The van der Waals surface area contributed by atoms with Crippen molar-refractivity contribution in [3.63, 3.8) is 0 Å². The van der Waals surface area contributed by atoms with Gasteiger partial charge in [-0.15, -0.1) is 11.3 Å². The van der Waals surface area contributed by atoms with Crippen molar-refractivity contribution in [1.29, 1.82) is 0 Å². The topological polar surface area (TPSA) is 72.2 Å². The Morgan fingerprint density at radius 2 is 1.89 bits per heavy atom. The van der Waals surface area contributed by atoms with Crippen molar-refractivity contribution in [1.82, 2.24) is 0 Å². The Hall–Kier alpha value is -1.53. The Balaban J connectivity index is 2.05. The molecule has 4 nitrogen and oxygen atoms in total. The van der Waals surface area contributed by atoms with Crippen molar-refractivity contribution in [2.24, 2.45) is 0 Å². The first-order valence-corrected chi connectivity index (χ1v) is 8.10. The van der Waals surface area contributed by atoms with Gasteiger partial charge in [0.2, 0.25) is 0 Å². The van der Waals surface area contributed by atoms with Gasteiger partial charge in [0.25, 0.3) is 0 Å². The van der Waals surface area contributed by atoms with Gasteiger partial charge in [-0.2, -0.15) is 0 Å². The molecule has 0 saturated carbocycles. The number of nitrogen functional groups attached to an aromatic ring is 1. The third kappa shape index (κ3) is 3.02. The predicted molar refractivity (Wildman–Crippen MR) is 75.6 cm³/mol. The fraction of sp³-hybridized carbons (Fsp3) is 0.167. The molecule has 0 unspecified atom stereocenters. The highest BCUT2D eigenvalue weighted by atomic mass is 32.2. The molecule has 0 aliphatic heterocycles. The number of benzene rings is 1. The molecule has 0 aliphatic rings. The molecule has 1 aromatic carbocycles. The van der Waals surface area contributed by atoms with Crippen LogP contribution in [0, 0.1) is 0 Å². The van der Waals surface area contributed by atoms with E-state index in [0.717, 1.165) is 16.3 Å². The molecule has 0 bridgehead atoms. The molecule has 0 spiro atoms. The summed E-state index contributed by atoms with van der Waals surface area (Å²) in [6.07, 6.45) is 1.20. The van der Waals surface area contributed by atoms with Crippen LogP contribution in [0.1, 0.15) is 4.88 Å². The molecule has 0 atom stereocenters. The van der Waals surface area contributed by atoms with E-state index in [-0.39, 0.29) is 0 Å². The third-order valence-electron chi connectivity index (χ3n) is 2.52. The zero-order chi connectivity index (χ0) is 13.2. The predicted octanol–water partition coefficient (Wildman–Crippen LogP) is 2.35. The molecule has 3 N–H and O–H groups in total. The maximum atomic E-state index is 11.3. The number of nitrogens with one attached hydrogen (secondary N) is 1. The Kier molecular flexibility index (Phi) is 3.58. The summed E-state index contributed by atoms with van der Waals surface area (Å²) in [5, 5.41) is 5.15. The summed E-state index contributed by atoms with van der Waals surface area (Å²) in [7, 11) is -3.13. The van der Waals surface area contributed by atoms with Crippen molar-refractivity contribution >= 4 is 32.5 Å². The van der Waals surface area contributed by atoms with Gasteiger partial charge in [-0.3, -0.25) is 0 Å². The summed E-state index contributed by atoms with van der Waals surface area (Å²) < 4.78 is 22.6. The third-order valence-corrected chi connectivity index (χ3v) is 4.58. The second-order valence-corrected chi connectivity index (χ2v) is 6.97. The SMILES string of the molecule is CS(=O)(=O)c1ccc(NCc2sccc2N)cc1. The Morgan fingerprint density at radius 1 is 1.22 bits per heavy atom. The number of nitrogens with two attached hydrogens (primary N) is 1. The largest absolute Gasteiger partial charge is 0.398 e. The van der Waals surface area contributed by atoms with Crippen molar-refractivity contribution in [2.45, 2.75) is 11.4 Å². The molecule has 0 aliphatic carbocycles. The van der Waals surface area contributed by atoms with Crippen LogP contribution in [0.4, 0.5) is 11.4 Å². The molecular formula is C12H14N2O2S2. The molecule has 6 heteroatoms. The van der Waals surface area contributed by atoms with Crippen LogP contribution in [-0.4, -0.2) is 14.7 Å². The van der Waals surface area contributed by atoms with Crippen LogP contribution < -0.4 is 11.1 Å². The lowest BCUT2D eigenvalue weighted by Crippen LogP contribution is -2.01. The Morgan fingerprint density at radius 3 is 2.39 bits per heavy atom. The van der Waals surface area contributed by atoms with Gasteiger partial charge in [0, 0.05) is 22.5 Å². The normalized spacial score (nSPS) is 11.4. The van der Waals surface area contributed by atoms with Crippen molar-refractivity contribution in [3.8, 4) is 0 Å². The number of rotatable bonds is 4. The Bertz CT molecular complexity index is 630. The summed E-state index contributed by atoms with van der Waals surface area (Å²) in [6, 6.07) is 8.56. The van der Waals surface area contributed by atoms with Gasteiger partial charge in [-0.1, -0.05) is 0 Å². The van der Waals surface area contributed by atoms with Gasteiger partial charge >= 0.3 is 0 Å². The fourth-order valence-electron chi connectivity index (χ4n) is 1.50. The minimum absolute atomic E-state index is 0.323. The molecule has 2 aromatic rings. The van der Waals surface area contributed by atoms with Crippen LogP contribution in [0.5, 0.6) is 0 Å². The first-order valence-electron chi connectivity index (χ1n) is 5.32. The number of sulfone groups is 1. The molecule has 1 aromatic heterocycles. The van der Waals surface area contributed by atoms with E-state index >= 15 is 0 Å². The summed E-state index contributed by atoms with van der Waals surface area (Å²) in [5.74, 6) is 0. The fourth-order valence-corrected chi connectivity index (χ4v) is 2.87. The minimum atomic E-state index is -3.13. The highest BCUT2D eigenvalue weighted by Crippen LogP contribution is 2.21. The van der Waals surface area contributed by atoms with Crippen LogP contribution in [-0.2, 0) is 16.4 Å². The van der Waals surface area contributed by atoms with E-state index in [1.54, 1.807) is 35.6 Å². The smallest absolute Gasteiger partial charge is 0.175 e. The monoisotopic (exact) mass is 282 g/mol. The molecule has 0 radical (unpaired) electrons. The Labute approximate surface area is 110 Å². The van der Waals surface area contributed by atoms with E-state index in [9.17, 15) is 8.42 Å². The standard InChI is InChI=1S/C12H14N2O2S2/c1-18(15,16)10-4-2-9(3-5-10)14-8-12-11(13)6-7-17-12/h2-7,14H,8,13H2,1H3. The van der Waals surface area contributed by atoms with Gasteiger partial charge in [0.05, 0.1) is 11.4 Å². The quantitative estimate of drug-likeness (QED) is 0.903. The zero-order valence-electron chi connectivity index (χ0n) is 9.88. The first-order chi connectivity index (χ1) is 8.47. The first kappa shape index (κ1) is 12.9. The van der Waals surface area contributed by atoms with E-state index in [1.807, 2.05) is 11.4 Å². The molecule has 96 valence electrons. The molecule has 0 saturated heterocycles. The van der Waals surface area contributed by atoms with E-state index in [2.05, 4.69) is 5.32 Å². The van der Waals surface area contributed by atoms with E-state index in [0.29, 0.717) is 11.4 Å². The average Bonchev–Trinajstić information content (AvgIpc) is 2.72. The van der Waals surface area contributed by atoms with Gasteiger partial charge in [-0.25, -0.2) is 8.42 Å². The second kappa shape index (κ2) is 4.99. The summed E-state index contributed by atoms with van der Waals surface area (Å²) in [5.41, 5.74) is 7.43. The summed E-state index contributed by atoms with van der Waals surface area (Å²) in [6.45, 7) is 0.641. The van der Waals surface area contributed by atoms with E-state index < -0.39 is 9.84 Å². The van der Waals surface area contributed by atoms with Crippen LogP contribution >= 0.6 is 11.3 Å². The molecule has 2 rings (SSSR count). The lowest BCUT2D eigenvalue weighted by molar-refractivity contribution is 0.602. The lowest BCUT2D eigenvalue weighted by atomic mass is 10.3. The number of hydrogen-bond acceptors (Lipinski definition) is 5. The average molecular weight is 282 g/mol. The van der Waals surface area contributed by atoms with Crippen LogP contribution in [0.15, 0.2) is 40.6 Å². The van der Waals surface area contributed by atoms with Crippen molar-refractivity contribution < 1.29 is 8.42 Å². The number of anilines is 2. The maximum Gasteiger partial charge on any atom is 0.175 e. The maximum absolute atomic E-state index is 11.3. The highest BCUT2D eigenvalue weighted by Gasteiger charge is 2.06. The van der Waals surface area contributed by atoms with Crippen LogP contribution in [0.3, 0.4) is 0 Å². The zero-order valence-corrected chi connectivity index (χ0v) is 11.5. The molecular weight excluding hydrogens is 268 g/mol. The summed E-state index contributed by atoms with van der Waals surface area (Å²) in [4.78, 5) is 1.39. The van der Waals surface area contributed by atoms with Crippen molar-refractivity contribution in [2.75, 3.05) is 17.3 Å². The molecule has 0 amide bonds. The minimum Gasteiger partial charge on any atom is -0.398 e.